The lowest BCUT2D eigenvalue weighted by Crippen LogP contribution is -2.36. The topological polar surface area (TPSA) is 78.1 Å². The molecule has 1 aliphatic rings. The largest absolute Gasteiger partial charge is 0.493 e. The van der Waals surface area contributed by atoms with Crippen LogP contribution < -0.4 is 24.8 Å². The number of carbonyl (C=O) groups is 1. The maximum Gasteiger partial charge on any atom is 0.407 e. The molecule has 2 N–H and O–H groups in total. The standard InChI is InChI=1S/C16H24N2O5/c1-16(2,3)23-15(19)18-6-5-17-9-11-7-12(20-4)14-13(8-11)21-10-22-14/h7-8,17H,5-6,9-10H2,1-4H3,(H,18,19). The maximum absolute atomic E-state index is 11.5. The van der Waals surface area contributed by atoms with E-state index in [0.717, 1.165) is 5.56 Å². The van der Waals surface area contributed by atoms with Gasteiger partial charge in [0.1, 0.15) is 5.60 Å². The van der Waals surface area contributed by atoms with Gasteiger partial charge in [0.25, 0.3) is 0 Å². The van der Waals surface area contributed by atoms with Crippen LogP contribution in [0.15, 0.2) is 12.1 Å². The van der Waals surface area contributed by atoms with E-state index in [-0.39, 0.29) is 6.79 Å². The number of fused-ring (bicyclic) bond motifs is 1. The molecule has 0 fully saturated rings. The predicted octanol–water partition coefficient (Wildman–Crippen LogP) is 2.04. The number of ether oxygens (including phenoxy) is 4. The highest BCUT2D eigenvalue weighted by atomic mass is 16.7. The van der Waals surface area contributed by atoms with Crippen molar-refractivity contribution in [3.05, 3.63) is 17.7 Å². The second-order valence-electron chi connectivity index (χ2n) is 6.14. The zero-order chi connectivity index (χ0) is 16.9. The molecule has 1 heterocycles. The molecule has 7 nitrogen and oxygen atoms in total. The van der Waals surface area contributed by atoms with Gasteiger partial charge in [-0.1, -0.05) is 0 Å². The average molecular weight is 324 g/mol. The zero-order valence-corrected chi connectivity index (χ0v) is 14.0. The lowest BCUT2D eigenvalue weighted by Gasteiger charge is -2.19. The van der Waals surface area contributed by atoms with Gasteiger partial charge in [-0.3, -0.25) is 0 Å². The number of hydrogen-bond donors (Lipinski definition) is 2. The van der Waals surface area contributed by atoms with Gasteiger partial charge < -0.3 is 29.6 Å². The van der Waals surface area contributed by atoms with Crippen LogP contribution in [0.5, 0.6) is 17.2 Å². The molecule has 0 radical (unpaired) electrons. The molecule has 0 atom stereocenters. The van der Waals surface area contributed by atoms with Gasteiger partial charge in [0, 0.05) is 19.6 Å². The van der Waals surface area contributed by atoms with Crippen LogP contribution in [0.25, 0.3) is 0 Å². The summed E-state index contributed by atoms with van der Waals surface area (Å²) in [5.74, 6) is 1.99. The second-order valence-corrected chi connectivity index (χ2v) is 6.14. The molecule has 2 rings (SSSR count). The minimum absolute atomic E-state index is 0.211. The van der Waals surface area contributed by atoms with Gasteiger partial charge in [0.05, 0.1) is 7.11 Å². The van der Waals surface area contributed by atoms with Crippen molar-refractivity contribution >= 4 is 6.09 Å². The van der Waals surface area contributed by atoms with Gasteiger partial charge in [0.2, 0.25) is 12.5 Å². The van der Waals surface area contributed by atoms with Crippen molar-refractivity contribution in [1.82, 2.24) is 10.6 Å². The Kier molecular flexibility index (Phi) is 5.54. The van der Waals surface area contributed by atoms with E-state index >= 15 is 0 Å². The van der Waals surface area contributed by atoms with Gasteiger partial charge in [-0.05, 0) is 38.5 Å². The summed E-state index contributed by atoms with van der Waals surface area (Å²) in [6, 6.07) is 3.82. The number of nitrogens with one attached hydrogen (secondary N) is 2. The number of hydrogen-bond acceptors (Lipinski definition) is 6. The highest BCUT2D eigenvalue weighted by Gasteiger charge is 2.20. The molecule has 0 aromatic heterocycles. The molecule has 7 heteroatoms. The molecule has 128 valence electrons. The molecule has 0 spiro atoms. The second kappa shape index (κ2) is 7.41. The van der Waals surface area contributed by atoms with Crippen LogP contribution in [0.2, 0.25) is 0 Å². The first-order valence-corrected chi connectivity index (χ1v) is 7.53. The highest BCUT2D eigenvalue weighted by molar-refractivity contribution is 5.67. The van der Waals surface area contributed by atoms with Crippen LogP contribution in [0.4, 0.5) is 4.79 Å². The van der Waals surface area contributed by atoms with Crippen LogP contribution >= 0.6 is 0 Å². The number of benzene rings is 1. The Morgan fingerprint density at radius 3 is 2.74 bits per heavy atom. The smallest absolute Gasteiger partial charge is 0.407 e. The summed E-state index contributed by atoms with van der Waals surface area (Å²) in [5, 5.41) is 5.94. The molecule has 1 aliphatic heterocycles. The summed E-state index contributed by atoms with van der Waals surface area (Å²) in [5.41, 5.74) is 0.531. The van der Waals surface area contributed by atoms with Gasteiger partial charge >= 0.3 is 6.09 Å². The lowest BCUT2D eigenvalue weighted by molar-refractivity contribution is 0.0528. The van der Waals surface area contributed by atoms with Gasteiger partial charge in [-0.2, -0.15) is 0 Å². The monoisotopic (exact) mass is 324 g/mol. The Balaban J connectivity index is 1.74. The highest BCUT2D eigenvalue weighted by Crippen LogP contribution is 2.41. The van der Waals surface area contributed by atoms with E-state index < -0.39 is 11.7 Å². The minimum Gasteiger partial charge on any atom is -0.493 e. The number of alkyl carbamates (subject to hydrolysis) is 1. The van der Waals surface area contributed by atoms with Crippen molar-refractivity contribution in [3.8, 4) is 17.2 Å². The Bertz CT molecular complexity index is 554. The van der Waals surface area contributed by atoms with E-state index in [2.05, 4.69) is 10.6 Å². The van der Waals surface area contributed by atoms with Crippen LogP contribution in [0.3, 0.4) is 0 Å². The molecule has 23 heavy (non-hydrogen) atoms. The quantitative estimate of drug-likeness (QED) is 0.780. The number of carbonyl (C=O) groups excluding carboxylic acids is 1. The van der Waals surface area contributed by atoms with Gasteiger partial charge in [-0.25, -0.2) is 4.79 Å². The normalized spacial score (nSPS) is 12.9. The number of rotatable bonds is 6. The third kappa shape index (κ3) is 5.21. The first-order valence-electron chi connectivity index (χ1n) is 7.53. The summed E-state index contributed by atoms with van der Waals surface area (Å²) in [6.07, 6.45) is -0.413. The molecule has 1 aromatic carbocycles. The number of amides is 1. The number of methoxy groups -OCH3 is 1. The summed E-state index contributed by atoms with van der Waals surface area (Å²) in [6.45, 7) is 7.44. The van der Waals surface area contributed by atoms with Crippen molar-refractivity contribution in [2.75, 3.05) is 27.0 Å². The lowest BCUT2D eigenvalue weighted by atomic mass is 10.2. The van der Waals surface area contributed by atoms with E-state index in [1.165, 1.54) is 0 Å². The fourth-order valence-corrected chi connectivity index (χ4v) is 2.09. The summed E-state index contributed by atoms with van der Waals surface area (Å²) in [4.78, 5) is 11.5. The average Bonchev–Trinajstić information content (AvgIpc) is 2.92. The SMILES string of the molecule is COc1cc(CNCCNC(=O)OC(C)(C)C)cc2c1OCO2. The third-order valence-electron chi connectivity index (χ3n) is 3.02. The van der Waals surface area contributed by atoms with Crippen molar-refractivity contribution in [1.29, 1.82) is 0 Å². The van der Waals surface area contributed by atoms with Crippen molar-refractivity contribution in [2.24, 2.45) is 0 Å². The summed E-state index contributed by atoms with van der Waals surface area (Å²) in [7, 11) is 1.60. The van der Waals surface area contributed by atoms with Crippen molar-refractivity contribution in [2.45, 2.75) is 32.9 Å². The van der Waals surface area contributed by atoms with E-state index in [1.54, 1.807) is 7.11 Å². The first kappa shape index (κ1) is 17.2. The Morgan fingerprint density at radius 2 is 2.04 bits per heavy atom. The fourth-order valence-electron chi connectivity index (χ4n) is 2.09. The Morgan fingerprint density at radius 1 is 1.26 bits per heavy atom. The minimum atomic E-state index is -0.486. The van der Waals surface area contributed by atoms with E-state index in [1.807, 2.05) is 32.9 Å². The molecule has 0 saturated carbocycles. The van der Waals surface area contributed by atoms with Crippen LogP contribution in [-0.2, 0) is 11.3 Å². The first-order chi connectivity index (χ1) is 10.9. The van der Waals surface area contributed by atoms with E-state index in [4.69, 9.17) is 18.9 Å². The fraction of sp³-hybridized carbons (Fsp3) is 0.562. The molecule has 0 bridgehead atoms. The van der Waals surface area contributed by atoms with Crippen LogP contribution in [-0.4, -0.2) is 38.7 Å². The Hall–Kier alpha value is -2.15. The molecule has 1 amide bonds. The predicted molar refractivity (Wildman–Crippen MR) is 85.1 cm³/mol. The van der Waals surface area contributed by atoms with E-state index in [0.29, 0.717) is 36.9 Å². The molecule has 0 saturated heterocycles. The van der Waals surface area contributed by atoms with E-state index in [9.17, 15) is 4.79 Å². The zero-order valence-electron chi connectivity index (χ0n) is 14.0. The van der Waals surface area contributed by atoms with Gasteiger partial charge in [0.15, 0.2) is 11.5 Å². The molecule has 0 aliphatic carbocycles. The summed E-state index contributed by atoms with van der Waals surface area (Å²) >= 11 is 0. The molecule has 1 aromatic rings. The molecule has 0 unspecified atom stereocenters. The third-order valence-corrected chi connectivity index (χ3v) is 3.02. The molecular weight excluding hydrogens is 300 g/mol. The van der Waals surface area contributed by atoms with Crippen LogP contribution in [0.1, 0.15) is 26.3 Å². The summed E-state index contributed by atoms with van der Waals surface area (Å²) < 4.78 is 21.2. The van der Waals surface area contributed by atoms with Gasteiger partial charge in [-0.15, -0.1) is 0 Å². The molecular formula is C16H24N2O5. The van der Waals surface area contributed by atoms with Crippen LogP contribution in [0, 0.1) is 0 Å². The van der Waals surface area contributed by atoms with Crippen molar-refractivity contribution in [3.63, 3.8) is 0 Å². The Labute approximate surface area is 136 Å². The van der Waals surface area contributed by atoms with Crippen molar-refractivity contribution < 1.29 is 23.7 Å². The maximum atomic E-state index is 11.5.